The average molecular weight is 478 g/mol. The summed E-state index contributed by atoms with van der Waals surface area (Å²) >= 11 is 17.0. The van der Waals surface area contributed by atoms with Crippen LogP contribution in [0.2, 0.25) is 0 Å². The average Bonchev–Trinajstić information content (AvgIpc) is 2.75. The second-order valence-corrected chi connectivity index (χ2v) is 8.89. The molecule has 0 atom stereocenters. The van der Waals surface area contributed by atoms with Crippen molar-refractivity contribution in [3.05, 3.63) is 99.7 Å². The maximum Gasteiger partial charge on any atom is 0.224 e. The molecular weight excluding hydrogens is 455 g/mol. The minimum Gasteiger partial charge on any atom is -0.457 e. The smallest absolute Gasteiger partial charge is 0.224 e. The van der Waals surface area contributed by atoms with Crippen LogP contribution in [0.15, 0.2) is 88.6 Å². The lowest BCUT2D eigenvalue weighted by molar-refractivity contribution is 0.0824. The van der Waals surface area contributed by atoms with E-state index in [9.17, 15) is 0 Å². The van der Waals surface area contributed by atoms with Crippen LogP contribution in [0.4, 0.5) is 0 Å². The molecule has 0 aliphatic carbocycles. The van der Waals surface area contributed by atoms with Gasteiger partial charge in [-0.15, -0.1) is 0 Å². The number of benzene rings is 3. The third-order valence-electron chi connectivity index (χ3n) is 4.60. The molecule has 6 heteroatoms. The predicted molar refractivity (Wildman–Crippen MR) is 127 cm³/mol. The fraction of sp³-hybridized carbons (Fsp3) is 0.200. The van der Waals surface area contributed by atoms with E-state index in [1.165, 1.54) is 0 Å². The van der Waals surface area contributed by atoms with Crippen molar-refractivity contribution >= 4 is 34.8 Å². The van der Waals surface area contributed by atoms with Crippen LogP contribution in [0.25, 0.3) is 0 Å². The van der Waals surface area contributed by atoms with E-state index in [1.54, 1.807) is 0 Å². The maximum atomic E-state index is 6.02. The largest absolute Gasteiger partial charge is 0.457 e. The first kappa shape index (κ1) is 23.5. The highest BCUT2D eigenvalue weighted by Gasteiger charge is 2.21. The highest BCUT2D eigenvalue weighted by molar-refractivity contribution is 6.59. The second-order valence-electron chi connectivity index (χ2n) is 7.60. The fourth-order valence-corrected chi connectivity index (χ4v) is 3.11. The van der Waals surface area contributed by atoms with Crippen molar-refractivity contribution in [2.75, 3.05) is 6.61 Å². The van der Waals surface area contributed by atoms with Gasteiger partial charge in [-0.05, 0) is 59.1 Å². The van der Waals surface area contributed by atoms with Gasteiger partial charge in [0.2, 0.25) is 5.22 Å². The normalized spacial score (nSPS) is 11.1. The van der Waals surface area contributed by atoms with Crippen LogP contribution in [0, 0.1) is 0 Å². The molecule has 0 heterocycles. The molecule has 162 valence electrons. The molecule has 0 spiro atoms. The molecule has 3 rings (SSSR count). The summed E-state index contributed by atoms with van der Waals surface area (Å²) in [6.45, 7) is 5.29. The summed E-state index contributed by atoms with van der Waals surface area (Å²) in [7, 11) is 0. The molecule has 0 bridgehead atoms. The lowest BCUT2D eigenvalue weighted by Crippen LogP contribution is -2.24. The SMILES string of the molecule is CC(C)(COCc1cccc(Oc2ccccc2)c1)c1ccc(OC(Cl)=C(Cl)Cl)cc1. The van der Waals surface area contributed by atoms with Gasteiger partial charge in [0.1, 0.15) is 17.2 Å². The van der Waals surface area contributed by atoms with E-state index in [1.807, 2.05) is 78.9 Å². The van der Waals surface area contributed by atoms with E-state index >= 15 is 0 Å². The van der Waals surface area contributed by atoms with E-state index in [2.05, 4.69) is 13.8 Å². The molecule has 0 aliphatic heterocycles. The highest BCUT2D eigenvalue weighted by Crippen LogP contribution is 2.29. The third-order valence-corrected chi connectivity index (χ3v) is 5.40. The number of halogens is 3. The first-order chi connectivity index (χ1) is 14.8. The van der Waals surface area contributed by atoms with Crippen LogP contribution in [-0.2, 0) is 16.8 Å². The number of hydrogen-bond donors (Lipinski definition) is 0. The molecule has 0 aliphatic rings. The Morgan fingerprint density at radius 1 is 0.774 bits per heavy atom. The van der Waals surface area contributed by atoms with Gasteiger partial charge in [0.05, 0.1) is 13.2 Å². The molecule has 3 aromatic rings. The summed E-state index contributed by atoms with van der Waals surface area (Å²) in [6, 6.07) is 25.2. The zero-order valence-corrected chi connectivity index (χ0v) is 19.5. The van der Waals surface area contributed by atoms with E-state index in [4.69, 9.17) is 49.0 Å². The molecular formula is C25H23Cl3O3. The summed E-state index contributed by atoms with van der Waals surface area (Å²) in [5, 5.41) is -0.0582. The van der Waals surface area contributed by atoms with Crippen LogP contribution < -0.4 is 9.47 Å². The summed E-state index contributed by atoms with van der Waals surface area (Å²) in [4.78, 5) is 0. The van der Waals surface area contributed by atoms with Gasteiger partial charge in [-0.25, -0.2) is 0 Å². The molecule has 0 N–H and O–H groups in total. The standard InChI is InChI=1S/C25H23Cl3O3/c1-25(2,19-11-13-21(14-12-19)31-24(28)23(26)27)17-29-16-18-7-6-10-22(15-18)30-20-8-4-3-5-9-20/h3-15H,16-17H2,1-2H3. The van der Waals surface area contributed by atoms with Crippen LogP contribution in [-0.4, -0.2) is 6.61 Å². The zero-order valence-electron chi connectivity index (χ0n) is 17.3. The summed E-state index contributed by atoms with van der Waals surface area (Å²) in [5.41, 5.74) is 1.96. The Labute approximate surface area is 198 Å². The van der Waals surface area contributed by atoms with Gasteiger partial charge in [0.25, 0.3) is 0 Å². The number of para-hydroxylation sites is 1. The second kappa shape index (κ2) is 10.9. The minimum absolute atomic E-state index is 0.0582. The molecule has 0 fully saturated rings. The van der Waals surface area contributed by atoms with Crippen molar-refractivity contribution in [2.45, 2.75) is 25.9 Å². The van der Waals surface area contributed by atoms with Crippen molar-refractivity contribution in [1.82, 2.24) is 0 Å². The van der Waals surface area contributed by atoms with Crippen molar-refractivity contribution < 1.29 is 14.2 Å². The molecule has 0 unspecified atom stereocenters. The molecule has 0 radical (unpaired) electrons. The topological polar surface area (TPSA) is 27.7 Å². The molecule has 0 amide bonds. The molecule has 3 nitrogen and oxygen atoms in total. The highest BCUT2D eigenvalue weighted by atomic mass is 35.5. The lowest BCUT2D eigenvalue weighted by Gasteiger charge is -2.25. The van der Waals surface area contributed by atoms with Crippen LogP contribution in [0.5, 0.6) is 17.2 Å². The monoisotopic (exact) mass is 476 g/mol. The van der Waals surface area contributed by atoms with Crippen molar-refractivity contribution in [3.63, 3.8) is 0 Å². The summed E-state index contributed by atoms with van der Waals surface area (Å²) in [6.07, 6.45) is 0. The van der Waals surface area contributed by atoms with Crippen LogP contribution >= 0.6 is 34.8 Å². The molecule has 0 aromatic heterocycles. The van der Waals surface area contributed by atoms with Gasteiger partial charge in [-0.3, -0.25) is 0 Å². The van der Waals surface area contributed by atoms with Gasteiger partial charge < -0.3 is 14.2 Å². The third kappa shape index (κ3) is 7.19. The number of ether oxygens (including phenoxy) is 3. The zero-order chi connectivity index (χ0) is 22.3. The van der Waals surface area contributed by atoms with Crippen molar-refractivity contribution in [1.29, 1.82) is 0 Å². The maximum absolute atomic E-state index is 6.02. The molecule has 31 heavy (non-hydrogen) atoms. The number of hydrogen-bond acceptors (Lipinski definition) is 3. The Kier molecular flexibility index (Phi) is 8.28. The van der Waals surface area contributed by atoms with E-state index in [-0.39, 0.29) is 15.1 Å². The van der Waals surface area contributed by atoms with Crippen LogP contribution in [0.3, 0.4) is 0 Å². The van der Waals surface area contributed by atoms with E-state index < -0.39 is 0 Å². The predicted octanol–water partition coefficient (Wildman–Crippen LogP) is 8.20. The van der Waals surface area contributed by atoms with Gasteiger partial charge in [-0.2, -0.15) is 0 Å². The minimum atomic E-state index is -0.194. The Morgan fingerprint density at radius 3 is 2.13 bits per heavy atom. The first-order valence-electron chi connectivity index (χ1n) is 9.72. The summed E-state index contributed by atoms with van der Waals surface area (Å²) in [5.74, 6) is 2.14. The lowest BCUT2D eigenvalue weighted by atomic mass is 9.85. The van der Waals surface area contributed by atoms with Crippen molar-refractivity contribution in [2.24, 2.45) is 0 Å². The van der Waals surface area contributed by atoms with Gasteiger partial charge in [0.15, 0.2) is 4.49 Å². The summed E-state index contributed by atoms with van der Waals surface area (Å²) < 4.78 is 17.2. The molecule has 3 aromatic carbocycles. The van der Waals surface area contributed by atoms with E-state index in [0.29, 0.717) is 19.0 Å². The Morgan fingerprint density at radius 2 is 1.45 bits per heavy atom. The Bertz CT molecular complexity index is 1010. The fourth-order valence-electron chi connectivity index (χ4n) is 2.95. The van der Waals surface area contributed by atoms with Gasteiger partial charge in [-0.1, -0.05) is 79.5 Å². The first-order valence-corrected chi connectivity index (χ1v) is 10.9. The van der Waals surface area contributed by atoms with Gasteiger partial charge >= 0.3 is 0 Å². The van der Waals surface area contributed by atoms with Crippen molar-refractivity contribution in [3.8, 4) is 17.2 Å². The van der Waals surface area contributed by atoms with E-state index in [0.717, 1.165) is 22.6 Å². The molecule has 0 saturated heterocycles. The number of rotatable bonds is 9. The van der Waals surface area contributed by atoms with Gasteiger partial charge in [0, 0.05) is 5.41 Å². The Balaban J connectivity index is 1.56. The molecule has 0 saturated carbocycles. The van der Waals surface area contributed by atoms with Crippen LogP contribution in [0.1, 0.15) is 25.0 Å². The quantitative estimate of drug-likeness (QED) is 0.291. The Hall–Kier alpha value is -2.17.